The summed E-state index contributed by atoms with van der Waals surface area (Å²) < 4.78 is 1.93. The van der Waals surface area contributed by atoms with Crippen molar-refractivity contribution in [1.29, 1.82) is 0 Å². The molecule has 7 heteroatoms. The molecule has 0 spiro atoms. The maximum atomic E-state index is 12.6. The topological polar surface area (TPSA) is 76.8 Å². The third-order valence-electron chi connectivity index (χ3n) is 4.62. The maximum absolute atomic E-state index is 12.6. The lowest BCUT2D eigenvalue weighted by molar-refractivity contribution is 0.0653. The van der Waals surface area contributed by atoms with E-state index in [2.05, 4.69) is 27.2 Å². The highest BCUT2D eigenvalue weighted by Crippen LogP contribution is 2.19. The van der Waals surface area contributed by atoms with Crippen LogP contribution in [0.5, 0.6) is 0 Å². The molecular weight excluding hydrogens is 316 g/mol. The Bertz CT molecular complexity index is 696. The summed E-state index contributed by atoms with van der Waals surface area (Å²) in [7, 11) is 0. The van der Waals surface area contributed by atoms with Gasteiger partial charge in [-0.3, -0.25) is 14.5 Å². The number of unbranched alkanes of at least 4 members (excludes halogenated alkanes) is 1. The first kappa shape index (κ1) is 17.5. The van der Waals surface area contributed by atoms with Gasteiger partial charge >= 0.3 is 0 Å². The Morgan fingerprint density at radius 3 is 2.96 bits per heavy atom. The second-order valence-corrected chi connectivity index (χ2v) is 6.84. The van der Waals surface area contributed by atoms with E-state index >= 15 is 0 Å². The molecule has 1 amide bonds. The van der Waals surface area contributed by atoms with Crippen molar-refractivity contribution in [2.24, 2.45) is 5.92 Å². The Hall–Kier alpha value is -2.31. The minimum Gasteiger partial charge on any atom is -0.337 e. The van der Waals surface area contributed by atoms with Gasteiger partial charge in [-0.15, -0.1) is 5.10 Å². The van der Waals surface area contributed by atoms with E-state index in [0.29, 0.717) is 11.6 Å². The van der Waals surface area contributed by atoms with Crippen molar-refractivity contribution in [2.75, 3.05) is 13.1 Å². The predicted octanol–water partition coefficient (Wildman–Crippen LogP) is 2.27. The monoisotopic (exact) mass is 342 g/mol. The molecule has 0 radical (unpaired) electrons. The van der Waals surface area contributed by atoms with Crippen molar-refractivity contribution in [3.8, 4) is 0 Å². The molecule has 0 aliphatic carbocycles. The van der Waals surface area contributed by atoms with Gasteiger partial charge in [0.1, 0.15) is 5.69 Å². The van der Waals surface area contributed by atoms with Crippen LogP contribution in [0, 0.1) is 12.8 Å². The van der Waals surface area contributed by atoms with Crippen LogP contribution in [-0.4, -0.2) is 48.9 Å². The number of hydrogen-bond donors (Lipinski definition) is 0. The quantitative estimate of drug-likeness (QED) is 0.805. The summed E-state index contributed by atoms with van der Waals surface area (Å²) >= 11 is 0. The molecule has 1 saturated heterocycles. The Balaban J connectivity index is 1.58. The number of nitrogens with zero attached hydrogens (tertiary/aromatic N) is 6. The minimum absolute atomic E-state index is 0.0283. The van der Waals surface area contributed by atoms with Crippen molar-refractivity contribution >= 4 is 5.91 Å². The van der Waals surface area contributed by atoms with Gasteiger partial charge in [-0.25, -0.2) is 4.98 Å². The number of likely N-dealkylation sites (tertiary alicyclic amines) is 1. The van der Waals surface area contributed by atoms with E-state index in [1.807, 2.05) is 22.7 Å². The van der Waals surface area contributed by atoms with Crippen LogP contribution in [0.3, 0.4) is 0 Å². The van der Waals surface area contributed by atoms with Gasteiger partial charge in [0.2, 0.25) is 0 Å². The fourth-order valence-electron chi connectivity index (χ4n) is 3.23. The van der Waals surface area contributed by atoms with Crippen molar-refractivity contribution in [3.05, 3.63) is 35.7 Å². The highest BCUT2D eigenvalue weighted by molar-refractivity contribution is 5.92. The Morgan fingerprint density at radius 2 is 2.20 bits per heavy atom. The fourth-order valence-corrected chi connectivity index (χ4v) is 3.23. The number of piperidine rings is 1. The number of carbonyl (C=O) groups excluding carboxylic acids is 1. The van der Waals surface area contributed by atoms with Gasteiger partial charge in [0.05, 0.1) is 17.6 Å². The third kappa shape index (κ3) is 4.61. The smallest absolute Gasteiger partial charge is 0.274 e. The fraction of sp³-hybridized carbons (Fsp3) is 0.611. The van der Waals surface area contributed by atoms with E-state index in [4.69, 9.17) is 0 Å². The first-order valence-corrected chi connectivity index (χ1v) is 9.12. The lowest BCUT2D eigenvalue weighted by Crippen LogP contribution is -2.41. The second-order valence-electron chi connectivity index (χ2n) is 6.84. The zero-order chi connectivity index (χ0) is 17.6. The highest BCUT2D eigenvalue weighted by Gasteiger charge is 2.26. The van der Waals surface area contributed by atoms with Crippen molar-refractivity contribution < 1.29 is 4.79 Å². The van der Waals surface area contributed by atoms with E-state index in [-0.39, 0.29) is 5.91 Å². The van der Waals surface area contributed by atoms with Crippen molar-refractivity contribution in [3.63, 3.8) is 0 Å². The SMILES string of the molecule is CCCCc1cn(C[C@H]2CCCN(C(=O)c3cnc(C)cn3)C2)nn1. The van der Waals surface area contributed by atoms with Crippen LogP contribution in [0.4, 0.5) is 0 Å². The van der Waals surface area contributed by atoms with Gasteiger partial charge in [-0.1, -0.05) is 18.6 Å². The lowest BCUT2D eigenvalue weighted by atomic mass is 9.98. The Kier molecular flexibility index (Phi) is 5.73. The van der Waals surface area contributed by atoms with E-state index in [0.717, 1.165) is 63.1 Å². The van der Waals surface area contributed by atoms with Gasteiger partial charge in [0.25, 0.3) is 5.91 Å². The van der Waals surface area contributed by atoms with Crippen LogP contribution >= 0.6 is 0 Å². The molecule has 2 aromatic heterocycles. The molecule has 25 heavy (non-hydrogen) atoms. The van der Waals surface area contributed by atoms with Crippen LogP contribution in [0.25, 0.3) is 0 Å². The number of carbonyl (C=O) groups is 1. The van der Waals surface area contributed by atoms with Crippen LogP contribution in [0.15, 0.2) is 18.6 Å². The normalized spacial score (nSPS) is 17.7. The largest absolute Gasteiger partial charge is 0.337 e. The van der Waals surface area contributed by atoms with E-state index in [1.165, 1.54) is 0 Å². The summed E-state index contributed by atoms with van der Waals surface area (Å²) in [5.74, 6) is 0.372. The zero-order valence-corrected chi connectivity index (χ0v) is 15.1. The van der Waals surface area contributed by atoms with Gasteiger partial charge in [-0.2, -0.15) is 0 Å². The maximum Gasteiger partial charge on any atom is 0.274 e. The summed E-state index contributed by atoms with van der Waals surface area (Å²) in [6, 6.07) is 0. The van der Waals surface area contributed by atoms with Gasteiger partial charge in [0.15, 0.2) is 0 Å². The van der Waals surface area contributed by atoms with Gasteiger partial charge in [-0.05, 0) is 38.5 Å². The van der Waals surface area contributed by atoms with E-state index < -0.39 is 0 Å². The molecule has 3 rings (SSSR count). The molecule has 0 bridgehead atoms. The predicted molar refractivity (Wildman–Crippen MR) is 94.0 cm³/mol. The molecule has 1 aliphatic rings. The van der Waals surface area contributed by atoms with Crippen LogP contribution < -0.4 is 0 Å². The summed E-state index contributed by atoms with van der Waals surface area (Å²) in [4.78, 5) is 22.9. The van der Waals surface area contributed by atoms with E-state index in [9.17, 15) is 4.79 Å². The first-order valence-electron chi connectivity index (χ1n) is 9.12. The average Bonchev–Trinajstić information content (AvgIpc) is 3.07. The Labute approximate surface area is 148 Å². The second kappa shape index (κ2) is 8.18. The minimum atomic E-state index is -0.0283. The first-order chi connectivity index (χ1) is 12.2. The molecule has 0 N–H and O–H groups in total. The van der Waals surface area contributed by atoms with Gasteiger partial charge in [0, 0.05) is 32.0 Å². The van der Waals surface area contributed by atoms with Crippen LogP contribution in [-0.2, 0) is 13.0 Å². The molecule has 2 aromatic rings. The summed E-state index contributed by atoms with van der Waals surface area (Å²) in [6.07, 6.45) is 10.7. The van der Waals surface area contributed by atoms with Crippen LogP contribution in [0.1, 0.15) is 54.5 Å². The van der Waals surface area contributed by atoms with Crippen molar-refractivity contribution in [2.45, 2.75) is 52.5 Å². The summed E-state index contributed by atoms with van der Waals surface area (Å²) in [5.41, 5.74) is 2.30. The Morgan fingerprint density at radius 1 is 1.32 bits per heavy atom. The zero-order valence-electron chi connectivity index (χ0n) is 15.1. The molecule has 1 fully saturated rings. The molecular formula is C18H26N6O. The number of hydrogen-bond acceptors (Lipinski definition) is 5. The third-order valence-corrected chi connectivity index (χ3v) is 4.62. The summed E-state index contributed by atoms with van der Waals surface area (Å²) in [6.45, 7) is 6.37. The number of amides is 1. The molecule has 1 aliphatic heterocycles. The summed E-state index contributed by atoms with van der Waals surface area (Å²) in [5, 5.41) is 8.49. The van der Waals surface area contributed by atoms with Gasteiger partial charge < -0.3 is 4.90 Å². The molecule has 134 valence electrons. The lowest BCUT2D eigenvalue weighted by Gasteiger charge is -2.32. The molecule has 3 heterocycles. The molecule has 0 saturated carbocycles. The molecule has 1 atom stereocenters. The molecule has 0 aromatic carbocycles. The number of rotatable bonds is 6. The van der Waals surface area contributed by atoms with Crippen LogP contribution in [0.2, 0.25) is 0 Å². The average molecular weight is 342 g/mol. The number of aromatic nitrogens is 5. The number of aryl methyl sites for hydroxylation is 2. The standard InChI is InChI=1S/C18H26N6O/c1-3-4-7-16-13-24(22-21-16)12-15-6-5-8-23(11-15)18(25)17-10-19-14(2)9-20-17/h9-10,13,15H,3-8,11-12H2,1-2H3/t15-/m0/s1. The molecule has 0 unspecified atom stereocenters. The highest BCUT2D eigenvalue weighted by atomic mass is 16.2. The van der Waals surface area contributed by atoms with Crippen molar-refractivity contribution in [1.82, 2.24) is 29.9 Å². The molecule has 7 nitrogen and oxygen atoms in total. The van der Waals surface area contributed by atoms with E-state index in [1.54, 1.807) is 12.4 Å².